The van der Waals surface area contributed by atoms with Crippen LogP contribution >= 0.6 is 0 Å². The van der Waals surface area contributed by atoms with Gasteiger partial charge in [-0.25, -0.2) is 0 Å². The Morgan fingerprint density at radius 2 is 2.23 bits per heavy atom. The summed E-state index contributed by atoms with van der Waals surface area (Å²) in [4.78, 5) is 0. The van der Waals surface area contributed by atoms with E-state index < -0.39 is 0 Å². The molecule has 0 amide bonds. The lowest BCUT2D eigenvalue weighted by molar-refractivity contribution is 0.367. The summed E-state index contributed by atoms with van der Waals surface area (Å²) in [5.41, 5.74) is 0.173. The Morgan fingerprint density at radius 1 is 1.54 bits per heavy atom. The van der Waals surface area contributed by atoms with E-state index in [1.165, 1.54) is 0 Å². The molecule has 4 nitrogen and oxygen atoms in total. The molecule has 0 saturated heterocycles. The maximum atomic E-state index is 4.00. The smallest absolute Gasteiger partial charge is 0.146 e. The minimum absolute atomic E-state index is 0.173. The summed E-state index contributed by atoms with van der Waals surface area (Å²) in [5, 5.41) is 11.3. The molecule has 1 N–H and O–H groups in total. The molecular weight excluding hydrogens is 164 g/mol. The number of nitrogens with one attached hydrogen (secondary N) is 1. The van der Waals surface area contributed by atoms with Crippen LogP contribution in [-0.4, -0.2) is 20.3 Å². The van der Waals surface area contributed by atoms with Crippen molar-refractivity contribution < 1.29 is 0 Å². The van der Waals surface area contributed by atoms with E-state index in [1.54, 1.807) is 6.33 Å². The molecule has 1 aromatic rings. The normalized spacial score (nSPS) is 12.0. The highest BCUT2D eigenvalue weighted by atomic mass is 15.3. The first-order valence-corrected chi connectivity index (χ1v) is 4.63. The van der Waals surface area contributed by atoms with Crippen LogP contribution in [0.15, 0.2) is 6.33 Å². The van der Waals surface area contributed by atoms with E-state index in [9.17, 15) is 0 Å². The summed E-state index contributed by atoms with van der Waals surface area (Å²) in [7, 11) is 1.95. The molecule has 0 atom stereocenters. The van der Waals surface area contributed by atoms with Gasteiger partial charge in [0.05, 0.1) is 6.54 Å². The number of aryl methyl sites for hydroxylation is 1. The second-order valence-electron chi connectivity index (χ2n) is 3.95. The van der Waals surface area contributed by atoms with E-state index in [2.05, 4.69) is 36.3 Å². The van der Waals surface area contributed by atoms with Crippen molar-refractivity contribution in [2.45, 2.75) is 39.3 Å². The Kier molecular flexibility index (Phi) is 3.03. The summed E-state index contributed by atoms with van der Waals surface area (Å²) >= 11 is 0. The molecule has 1 aromatic heterocycles. The number of nitrogens with zero attached hydrogens (tertiary/aromatic N) is 3. The fraction of sp³-hybridized carbons (Fsp3) is 0.778. The van der Waals surface area contributed by atoms with Crippen molar-refractivity contribution in [3.05, 3.63) is 12.2 Å². The van der Waals surface area contributed by atoms with Crippen LogP contribution in [0, 0.1) is 0 Å². The Morgan fingerprint density at radius 3 is 2.69 bits per heavy atom. The van der Waals surface area contributed by atoms with Gasteiger partial charge in [-0.3, -0.25) is 0 Å². The van der Waals surface area contributed by atoms with Gasteiger partial charge in [-0.05, 0) is 20.3 Å². The Labute approximate surface area is 79.4 Å². The van der Waals surface area contributed by atoms with Crippen LogP contribution < -0.4 is 5.32 Å². The molecule has 0 aliphatic heterocycles. The molecule has 0 aliphatic rings. The molecule has 1 heterocycles. The third-order valence-electron chi connectivity index (χ3n) is 2.41. The molecule has 0 radical (unpaired) electrons. The molecule has 0 saturated carbocycles. The molecule has 4 heteroatoms. The fourth-order valence-corrected chi connectivity index (χ4v) is 0.910. The third kappa shape index (κ3) is 2.81. The molecular formula is C9H18N4. The number of aromatic nitrogens is 3. The van der Waals surface area contributed by atoms with E-state index in [0.29, 0.717) is 0 Å². The van der Waals surface area contributed by atoms with E-state index in [4.69, 9.17) is 0 Å². The first-order valence-electron chi connectivity index (χ1n) is 4.63. The van der Waals surface area contributed by atoms with Gasteiger partial charge in [-0.15, -0.1) is 10.2 Å². The van der Waals surface area contributed by atoms with Crippen LogP contribution in [0.25, 0.3) is 0 Å². The van der Waals surface area contributed by atoms with Crippen molar-refractivity contribution in [2.75, 3.05) is 0 Å². The zero-order valence-electron chi connectivity index (χ0n) is 8.83. The van der Waals surface area contributed by atoms with Crippen molar-refractivity contribution in [1.82, 2.24) is 20.1 Å². The van der Waals surface area contributed by atoms with Crippen LogP contribution in [0.2, 0.25) is 0 Å². The fourth-order valence-electron chi connectivity index (χ4n) is 0.910. The van der Waals surface area contributed by atoms with Gasteiger partial charge in [0.25, 0.3) is 0 Å². The summed E-state index contributed by atoms with van der Waals surface area (Å²) < 4.78 is 1.93. The monoisotopic (exact) mass is 182 g/mol. The summed E-state index contributed by atoms with van der Waals surface area (Å²) in [6.07, 6.45) is 2.82. The van der Waals surface area contributed by atoms with Gasteiger partial charge in [0, 0.05) is 12.6 Å². The molecule has 74 valence electrons. The van der Waals surface area contributed by atoms with E-state index in [-0.39, 0.29) is 5.54 Å². The van der Waals surface area contributed by atoms with Crippen molar-refractivity contribution in [2.24, 2.45) is 7.05 Å². The van der Waals surface area contributed by atoms with Crippen molar-refractivity contribution in [1.29, 1.82) is 0 Å². The number of hydrogen-bond acceptors (Lipinski definition) is 3. The lowest BCUT2D eigenvalue weighted by Gasteiger charge is -2.24. The van der Waals surface area contributed by atoms with Crippen LogP contribution in [0.3, 0.4) is 0 Å². The molecule has 0 fully saturated rings. The standard InChI is InChI=1S/C9H18N4/c1-5-9(2,3)10-6-8-12-11-7-13(8)4/h7,10H,5-6H2,1-4H3. The minimum atomic E-state index is 0.173. The molecule has 1 rings (SSSR count). The van der Waals surface area contributed by atoms with Gasteiger partial charge in [-0.2, -0.15) is 0 Å². The molecule has 0 aromatic carbocycles. The topological polar surface area (TPSA) is 42.7 Å². The zero-order valence-corrected chi connectivity index (χ0v) is 8.83. The van der Waals surface area contributed by atoms with Gasteiger partial charge in [0.1, 0.15) is 12.2 Å². The summed E-state index contributed by atoms with van der Waals surface area (Å²) in [6.45, 7) is 7.31. The largest absolute Gasteiger partial charge is 0.320 e. The van der Waals surface area contributed by atoms with E-state index in [1.807, 2.05) is 11.6 Å². The van der Waals surface area contributed by atoms with Gasteiger partial charge in [0.15, 0.2) is 0 Å². The molecule has 0 spiro atoms. The Bertz CT molecular complexity index is 264. The van der Waals surface area contributed by atoms with Crippen molar-refractivity contribution in [3.63, 3.8) is 0 Å². The number of rotatable bonds is 4. The molecule has 0 unspecified atom stereocenters. The van der Waals surface area contributed by atoms with Gasteiger partial charge < -0.3 is 9.88 Å². The lowest BCUT2D eigenvalue weighted by atomic mass is 10.0. The maximum Gasteiger partial charge on any atom is 0.146 e. The molecule has 13 heavy (non-hydrogen) atoms. The summed E-state index contributed by atoms with van der Waals surface area (Å²) in [5.74, 6) is 0.974. The first-order chi connectivity index (χ1) is 6.05. The second kappa shape index (κ2) is 3.87. The second-order valence-corrected chi connectivity index (χ2v) is 3.95. The predicted molar refractivity (Wildman–Crippen MR) is 52.2 cm³/mol. The van der Waals surface area contributed by atoms with Gasteiger partial charge >= 0.3 is 0 Å². The first kappa shape index (κ1) is 10.2. The highest BCUT2D eigenvalue weighted by molar-refractivity contribution is 4.86. The minimum Gasteiger partial charge on any atom is -0.320 e. The highest BCUT2D eigenvalue weighted by Gasteiger charge is 2.14. The predicted octanol–water partition coefficient (Wildman–Crippen LogP) is 1.09. The molecule has 0 bridgehead atoms. The van der Waals surface area contributed by atoms with E-state index in [0.717, 1.165) is 18.8 Å². The Hall–Kier alpha value is -0.900. The van der Waals surface area contributed by atoms with Gasteiger partial charge in [-0.1, -0.05) is 6.92 Å². The highest BCUT2D eigenvalue weighted by Crippen LogP contribution is 2.07. The lowest BCUT2D eigenvalue weighted by Crippen LogP contribution is -2.38. The zero-order chi connectivity index (χ0) is 9.90. The SMILES string of the molecule is CCC(C)(C)NCc1nncn1C. The summed E-state index contributed by atoms with van der Waals surface area (Å²) in [6, 6.07) is 0. The average molecular weight is 182 g/mol. The Balaban J connectivity index is 2.48. The van der Waals surface area contributed by atoms with Gasteiger partial charge in [0.2, 0.25) is 0 Å². The quantitative estimate of drug-likeness (QED) is 0.758. The molecule has 0 aliphatic carbocycles. The maximum absolute atomic E-state index is 4.00. The van der Waals surface area contributed by atoms with Crippen LogP contribution in [0.4, 0.5) is 0 Å². The van der Waals surface area contributed by atoms with Crippen LogP contribution in [0.5, 0.6) is 0 Å². The van der Waals surface area contributed by atoms with Crippen LogP contribution in [0.1, 0.15) is 33.0 Å². The average Bonchev–Trinajstić information content (AvgIpc) is 2.48. The van der Waals surface area contributed by atoms with E-state index >= 15 is 0 Å². The van der Waals surface area contributed by atoms with Crippen molar-refractivity contribution in [3.8, 4) is 0 Å². The van der Waals surface area contributed by atoms with Crippen LogP contribution in [-0.2, 0) is 13.6 Å². The number of hydrogen-bond donors (Lipinski definition) is 1. The van der Waals surface area contributed by atoms with Crippen molar-refractivity contribution >= 4 is 0 Å². The third-order valence-corrected chi connectivity index (χ3v) is 2.41.